The SMILES string of the molecule is C[Si]1(C)O[Si](c2ccccc2)(c2ccccc2)c2ccc3ccccc3c2-c2c1ccc1ccccc21. The van der Waals surface area contributed by atoms with E-state index in [-0.39, 0.29) is 0 Å². The molecule has 0 atom stereocenters. The van der Waals surface area contributed by atoms with Crippen molar-refractivity contribution < 1.29 is 4.12 Å². The van der Waals surface area contributed by atoms with Crippen LogP contribution in [0.25, 0.3) is 32.7 Å². The summed E-state index contributed by atoms with van der Waals surface area (Å²) in [5.74, 6) is 0. The third-order valence-corrected chi connectivity index (χ3v) is 16.4. The topological polar surface area (TPSA) is 9.23 Å². The molecule has 0 aromatic heterocycles. The predicted octanol–water partition coefficient (Wildman–Crippen LogP) is 6.07. The first kappa shape index (κ1) is 22.4. The van der Waals surface area contributed by atoms with Crippen molar-refractivity contribution in [1.29, 1.82) is 0 Å². The first-order valence-electron chi connectivity index (χ1n) is 13.0. The van der Waals surface area contributed by atoms with Gasteiger partial charge < -0.3 is 4.12 Å². The highest BCUT2D eigenvalue weighted by Crippen LogP contribution is 2.37. The Labute approximate surface area is 220 Å². The molecule has 0 unspecified atom stereocenters. The van der Waals surface area contributed by atoms with E-state index in [9.17, 15) is 0 Å². The molecule has 0 fully saturated rings. The van der Waals surface area contributed by atoms with E-state index in [1.165, 1.54) is 53.4 Å². The molecule has 0 radical (unpaired) electrons. The second-order valence-corrected chi connectivity index (χ2v) is 17.9. The van der Waals surface area contributed by atoms with Crippen LogP contribution in [0, 0.1) is 0 Å². The molecule has 7 rings (SSSR count). The zero-order valence-electron chi connectivity index (χ0n) is 21.1. The lowest BCUT2D eigenvalue weighted by atomic mass is 9.93. The van der Waals surface area contributed by atoms with Crippen LogP contribution in [-0.2, 0) is 4.12 Å². The number of hydrogen-bond donors (Lipinski definition) is 0. The third-order valence-electron chi connectivity index (χ3n) is 7.90. The average Bonchev–Trinajstić information content (AvgIpc) is 3.05. The number of hydrogen-bond acceptors (Lipinski definition) is 1. The van der Waals surface area contributed by atoms with Gasteiger partial charge in [-0.05, 0) is 66.5 Å². The van der Waals surface area contributed by atoms with Gasteiger partial charge in [-0.1, -0.05) is 133 Å². The Morgan fingerprint density at radius 3 is 1.41 bits per heavy atom. The molecule has 1 aliphatic heterocycles. The van der Waals surface area contributed by atoms with E-state index in [1.54, 1.807) is 0 Å². The molecule has 0 spiro atoms. The number of fused-ring (bicyclic) bond motifs is 7. The van der Waals surface area contributed by atoms with Crippen molar-refractivity contribution in [2.45, 2.75) is 13.1 Å². The van der Waals surface area contributed by atoms with E-state index in [4.69, 9.17) is 4.12 Å². The van der Waals surface area contributed by atoms with E-state index >= 15 is 0 Å². The lowest BCUT2D eigenvalue weighted by molar-refractivity contribution is 0.588. The zero-order chi connectivity index (χ0) is 25.0. The van der Waals surface area contributed by atoms with Crippen LogP contribution in [-0.4, -0.2) is 16.6 Å². The average molecular weight is 509 g/mol. The molecule has 6 aromatic carbocycles. The van der Waals surface area contributed by atoms with E-state index in [0.29, 0.717) is 0 Å². The van der Waals surface area contributed by atoms with Gasteiger partial charge in [0.1, 0.15) is 0 Å². The Kier molecular flexibility index (Phi) is 5.08. The van der Waals surface area contributed by atoms with Gasteiger partial charge >= 0.3 is 0 Å². The minimum atomic E-state index is -2.88. The van der Waals surface area contributed by atoms with Gasteiger partial charge in [0.05, 0.1) is 0 Å². The van der Waals surface area contributed by atoms with Crippen LogP contribution in [0.1, 0.15) is 0 Å². The van der Waals surface area contributed by atoms with Crippen molar-refractivity contribution in [3.8, 4) is 11.1 Å². The molecule has 1 aliphatic rings. The maximum Gasteiger partial charge on any atom is 0.279 e. The Hall–Kier alpha value is -3.77. The summed E-state index contributed by atoms with van der Waals surface area (Å²) in [6, 6.07) is 49.1. The molecule has 0 bridgehead atoms. The molecule has 0 aliphatic carbocycles. The second-order valence-electron chi connectivity index (χ2n) is 10.4. The van der Waals surface area contributed by atoms with Crippen molar-refractivity contribution in [3.63, 3.8) is 0 Å². The van der Waals surface area contributed by atoms with Gasteiger partial charge in [-0.25, -0.2) is 0 Å². The van der Waals surface area contributed by atoms with Crippen LogP contribution < -0.4 is 20.7 Å². The predicted molar refractivity (Wildman–Crippen MR) is 163 cm³/mol. The minimum Gasteiger partial charge on any atom is -0.442 e. The van der Waals surface area contributed by atoms with Crippen LogP contribution in [0.2, 0.25) is 13.1 Å². The summed E-state index contributed by atoms with van der Waals surface area (Å²) in [4.78, 5) is 0. The van der Waals surface area contributed by atoms with Gasteiger partial charge in [-0.15, -0.1) is 0 Å². The summed E-state index contributed by atoms with van der Waals surface area (Å²) in [6.07, 6.45) is 0. The normalized spacial score (nSPS) is 15.6. The van der Waals surface area contributed by atoms with Crippen LogP contribution in [0.3, 0.4) is 0 Å². The summed E-state index contributed by atoms with van der Waals surface area (Å²) in [7, 11) is -5.29. The van der Waals surface area contributed by atoms with Crippen molar-refractivity contribution >= 4 is 58.9 Å². The van der Waals surface area contributed by atoms with E-state index < -0.39 is 16.6 Å². The Balaban J connectivity index is 1.75. The monoisotopic (exact) mass is 508 g/mol. The highest BCUT2D eigenvalue weighted by atomic mass is 28.4. The molecule has 1 nitrogen and oxygen atoms in total. The molecule has 0 saturated heterocycles. The van der Waals surface area contributed by atoms with Crippen LogP contribution in [0.5, 0.6) is 0 Å². The van der Waals surface area contributed by atoms with Gasteiger partial charge in [0.2, 0.25) is 8.32 Å². The van der Waals surface area contributed by atoms with Gasteiger partial charge in [0, 0.05) is 0 Å². The molecule has 6 aromatic rings. The fraction of sp³-hybridized carbons (Fsp3) is 0.0588. The van der Waals surface area contributed by atoms with Crippen LogP contribution in [0.15, 0.2) is 133 Å². The molecule has 1 heterocycles. The van der Waals surface area contributed by atoms with Gasteiger partial charge in [0.15, 0.2) is 0 Å². The largest absolute Gasteiger partial charge is 0.442 e. The number of rotatable bonds is 2. The molecule has 0 amide bonds. The Morgan fingerprint density at radius 2 is 0.865 bits per heavy atom. The quantitative estimate of drug-likeness (QED) is 0.258. The Morgan fingerprint density at radius 1 is 0.432 bits per heavy atom. The lowest BCUT2D eigenvalue weighted by Crippen LogP contribution is -2.73. The van der Waals surface area contributed by atoms with Gasteiger partial charge in [-0.2, -0.15) is 0 Å². The Bertz CT molecular complexity index is 1740. The molecule has 0 N–H and O–H groups in total. The third kappa shape index (κ3) is 3.32. The summed E-state index contributed by atoms with van der Waals surface area (Å²) >= 11 is 0. The van der Waals surface area contributed by atoms with Crippen molar-refractivity contribution in [1.82, 2.24) is 0 Å². The van der Waals surface area contributed by atoms with E-state index in [1.807, 2.05) is 0 Å². The van der Waals surface area contributed by atoms with Gasteiger partial charge in [-0.3, -0.25) is 0 Å². The van der Waals surface area contributed by atoms with Crippen LogP contribution >= 0.6 is 0 Å². The number of benzene rings is 6. The van der Waals surface area contributed by atoms with Crippen LogP contribution in [0.4, 0.5) is 0 Å². The molecule has 0 saturated carbocycles. The molecule has 178 valence electrons. The standard InChI is InChI=1S/C34H28OSi2/c1-36(2)31-23-21-25-13-9-11-19-29(25)33(31)34-30-20-12-10-14-26(30)22-24-32(34)37(35-36,27-15-5-3-6-16-27)28-17-7-4-8-18-28/h3-24H,1-2H3. The smallest absolute Gasteiger partial charge is 0.279 e. The molecular weight excluding hydrogens is 481 g/mol. The first-order chi connectivity index (χ1) is 18.1. The zero-order valence-corrected chi connectivity index (χ0v) is 23.1. The molecule has 37 heavy (non-hydrogen) atoms. The van der Waals surface area contributed by atoms with Crippen molar-refractivity contribution in [2.24, 2.45) is 0 Å². The second kappa shape index (κ2) is 8.39. The van der Waals surface area contributed by atoms with Crippen molar-refractivity contribution in [2.75, 3.05) is 0 Å². The van der Waals surface area contributed by atoms with E-state index in [0.717, 1.165) is 0 Å². The maximum absolute atomic E-state index is 7.79. The van der Waals surface area contributed by atoms with E-state index in [2.05, 4.69) is 147 Å². The summed E-state index contributed by atoms with van der Waals surface area (Å²) in [6.45, 7) is 4.78. The highest BCUT2D eigenvalue weighted by Gasteiger charge is 2.51. The first-order valence-corrected chi connectivity index (χ1v) is 17.8. The molecular formula is C34H28OSi2. The van der Waals surface area contributed by atoms with Gasteiger partial charge in [0.25, 0.3) is 8.32 Å². The summed E-state index contributed by atoms with van der Waals surface area (Å²) in [5, 5.41) is 10.5. The summed E-state index contributed by atoms with van der Waals surface area (Å²) < 4.78 is 7.79. The highest BCUT2D eigenvalue weighted by molar-refractivity contribution is 7.13. The molecule has 3 heteroatoms. The van der Waals surface area contributed by atoms with Crippen molar-refractivity contribution in [3.05, 3.63) is 133 Å². The maximum atomic E-state index is 7.79. The minimum absolute atomic E-state index is 1.27. The summed E-state index contributed by atoms with van der Waals surface area (Å²) in [5.41, 5.74) is 2.71. The fourth-order valence-electron chi connectivity index (χ4n) is 6.31. The fourth-order valence-corrected chi connectivity index (χ4v) is 15.8. The lowest BCUT2D eigenvalue weighted by Gasteiger charge is -2.39.